The molecule has 0 aliphatic rings. The van der Waals surface area contributed by atoms with Gasteiger partial charge in [-0.15, -0.1) is 5.10 Å². The summed E-state index contributed by atoms with van der Waals surface area (Å²) in [6.07, 6.45) is 0.906. The number of rotatable bonds is 2. The van der Waals surface area contributed by atoms with Crippen molar-refractivity contribution in [3.8, 4) is 0 Å². The first-order chi connectivity index (χ1) is 5.27. The molecule has 0 spiro atoms. The van der Waals surface area contributed by atoms with E-state index < -0.39 is 0 Å². The molecule has 0 radical (unpaired) electrons. The molecule has 0 aliphatic carbocycles. The summed E-state index contributed by atoms with van der Waals surface area (Å²) < 4.78 is 0. The van der Waals surface area contributed by atoms with Crippen molar-refractivity contribution < 1.29 is 0 Å². The topological polar surface area (TPSA) is 63.8 Å². The standard InChI is InChI=1S/C7H12N4/c1-3-6-5(2)4-7(9-8)11-10-6/h4H,3,8H2,1-2H3,(H,9,11). The number of nitrogens with one attached hydrogen (secondary N) is 1. The van der Waals surface area contributed by atoms with Crippen LogP contribution in [0.4, 0.5) is 5.82 Å². The largest absolute Gasteiger partial charge is 0.307 e. The van der Waals surface area contributed by atoms with Crippen LogP contribution < -0.4 is 11.3 Å². The summed E-state index contributed by atoms with van der Waals surface area (Å²) in [6, 6.07) is 1.88. The van der Waals surface area contributed by atoms with Crippen molar-refractivity contribution in [3.05, 3.63) is 17.3 Å². The van der Waals surface area contributed by atoms with Crippen LogP contribution in [-0.4, -0.2) is 10.2 Å². The molecule has 0 amide bonds. The summed E-state index contributed by atoms with van der Waals surface area (Å²) in [5.41, 5.74) is 4.58. The van der Waals surface area contributed by atoms with Crippen molar-refractivity contribution in [2.75, 3.05) is 5.43 Å². The fourth-order valence-corrected chi connectivity index (χ4v) is 0.930. The molecule has 1 heterocycles. The van der Waals surface area contributed by atoms with Crippen LogP contribution in [0.15, 0.2) is 6.07 Å². The SMILES string of the molecule is CCc1nnc(NN)cc1C. The molecule has 0 unspecified atom stereocenters. The van der Waals surface area contributed by atoms with E-state index in [9.17, 15) is 0 Å². The van der Waals surface area contributed by atoms with Crippen LogP contribution in [0, 0.1) is 6.92 Å². The van der Waals surface area contributed by atoms with Crippen molar-refractivity contribution in [1.82, 2.24) is 10.2 Å². The lowest BCUT2D eigenvalue weighted by molar-refractivity contribution is 0.900. The molecule has 0 aromatic carbocycles. The predicted molar refractivity (Wildman–Crippen MR) is 44.0 cm³/mol. The van der Waals surface area contributed by atoms with Gasteiger partial charge in [0.25, 0.3) is 0 Å². The smallest absolute Gasteiger partial charge is 0.162 e. The molecule has 4 nitrogen and oxygen atoms in total. The fourth-order valence-electron chi connectivity index (χ4n) is 0.930. The lowest BCUT2D eigenvalue weighted by atomic mass is 10.2. The summed E-state index contributed by atoms with van der Waals surface area (Å²) in [5.74, 6) is 5.77. The maximum Gasteiger partial charge on any atom is 0.162 e. The molecule has 4 heteroatoms. The third-order valence-electron chi connectivity index (χ3n) is 1.57. The highest BCUT2D eigenvalue weighted by Gasteiger charge is 1.98. The molecule has 0 saturated heterocycles. The number of hydrogen-bond donors (Lipinski definition) is 2. The Bertz CT molecular complexity index is 246. The molecule has 1 aromatic rings. The molecular weight excluding hydrogens is 140 g/mol. The van der Waals surface area contributed by atoms with E-state index in [-0.39, 0.29) is 0 Å². The van der Waals surface area contributed by atoms with E-state index in [1.807, 2.05) is 19.9 Å². The highest BCUT2D eigenvalue weighted by atomic mass is 15.3. The van der Waals surface area contributed by atoms with E-state index in [1.54, 1.807) is 0 Å². The van der Waals surface area contributed by atoms with E-state index >= 15 is 0 Å². The Morgan fingerprint density at radius 3 is 2.73 bits per heavy atom. The number of aryl methyl sites for hydroxylation is 2. The second-order valence-electron chi connectivity index (χ2n) is 2.36. The van der Waals surface area contributed by atoms with Crippen LogP contribution in [0.5, 0.6) is 0 Å². The lowest BCUT2D eigenvalue weighted by Crippen LogP contribution is -2.10. The zero-order chi connectivity index (χ0) is 8.27. The van der Waals surface area contributed by atoms with E-state index in [2.05, 4.69) is 15.6 Å². The number of nitrogen functional groups attached to an aromatic ring is 1. The first kappa shape index (κ1) is 7.94. The van der Waals surface area contributed by atoms with E-state index in [0.29, 0.717) is 5.82 Å². The number of nitrogens with zero attached hydrogens (tertiary/aromatic N) is 2. The summed E-state index contributed by atoms with van der Waals surface area (Å²) in [6.45, 7) is 4.04. The van der Waals surface area contributed by atoms with Crippen molar-refractivity contribution in [2.45, 2.75) is 20.3 Å². The molecule has 3 N–H and O–H groups in total. The van der Waals surface area contributed by atoms with Gasteiger partial charge in [-0.3, -0.25) is 0 Å². The van der Waals surface area contributed by atoms with Gasteiger partial charge in [-0.1, -0.05) is 6.92 Å². The molecule has 0 atom stereocenters. The maximum atomic E-state index is 5.16. The molecule has 0 fully saturated rings. The summed E-state index contributed by atoms with van der Waals surface area (Å²) >= 11 is 0. The molecule has 1 aromatic heterocycles. The van der Waals surface area contributed by atoms with Crippen molar-refractivity contribution in [2.24, 2.45) is 5.84 Å². The number of hydrogen-bond acceptors (Lipinski definition) is 4. The normalized spacial score (nSPS) is 9.73. The molecule has 0 saturated carbocycles. The molecule has 60 valence electrons. The fraction of sp³-hybridized carbons (Fsp3) is 0.429. The first-order valence-corrected chi connectivity index (χ1v) is 3.57. The summed E-state index contributed by atoms with van der Waals surface area (Å²) in [5, 5.41) is 7.82. The number of anilines is 1. The maximum absolute atomic E-state index is 5.16. The van der Waals surface area contributed by atoms with Gasteiger partial charge in [0, 0.05) is 0 Å². The number of aromatic nitrogens is 2. The monoisotopic (exact) mass is 152 g/mol. The van der Waals surface area contributed by atoms with E-state index in [0.717, 1.165) is 17.7 Å². The Morgan fingerprint density at radius 1 is 1.55 bits per heavy atom. The highest BCUT2D eigenvalue weighted by molar-refractivity contribution is 5.35. The minimum Gasteiger partial charge on any atom is -0.307 e. The molecule has 0 aliphatic heterocycles. The Kier molecular flexibility index (Phi) is 2.38. The van der Waals surface area contributed by atoms with Gasteiger partial charge in [-0.25, -0.2) is 5.84 Å². The van der Waals surface area contributed by atoms with Crippen LogP contribution in [0.2, 0.25) is 0 Å². The van der Waals surface area contributed by atoms with E-state index in [1.165, 1.54) is 0 Å². The molecule has 1 rings (SSSR count). The average Bonchev–Trinajstić information content (AvgIpc) is 2.04. The van der Waals surface area contributed by atoms with Crippen molar-refractivity contribution >= 4 is 5.82 Å². The zero-order valence-electron chi connectivity index (χ0n) is 6.76. The summed E-state index contributed by atoms with van der Waals surface area (Å²) in [7, 11) is 0. The second-order valence-corrected chi connectivity index (χ2v) is 2.36. The van der Waals surface area contributed by atoms with Crippen LogP contribution in [0.3, 0.4) is 0 Å². The van der Waals surface area contributed by atoms with Gasteiger partial charge in [-0.05, 0) is 25.0 Å². The lowest BCUT2D eigenvalue weighted by Gasteiger charge is -2.02. The van der Waals surface area contributed by atoms with Crippen molar-refractivity contribution in [1.29, 1.82) is 0 Å². The minimum absolute atomic E-state index is 0.611. The zero-order valence-corrected chi connectivity index (χ0v) is 6.76. The Morgan fingerprint density at radius 2 is 2.27 bits per heavy atom. The van der Waals surface area contributed by atoms with Gasteiger partial charge in [0.1, 0.15) is 0 Å². The molecule has 11 heavy (non-hydrogen) atoms. The third kappa shape index (κ3) is 1.65. The third-order valence-corrected chi connectivity index (χ3v) is 1.57. The Labute approximate surface area is 65.8 Å². The second kappa shape index (κ2) is 3.30. The van der Waals surface area contributed by atoms with Gasteiger partial charge in [0.05, 0.1) is 5.69 Å². The van der Waals surface area contributed by atoms with Gasteiger partial charge in [-0.2, -0.15) is 5.10 Å². The molecule has 0 bridgehead atoms. The van der Waals surface area contributed by atoms with Gasteiger partial charge in [0.2, 0.25) is 0 Å². The van der Waals surface area contributed by atoms with Gasteiger partial charge >= 0.3 is 0 Å². The van der Waals surface area contributed by atoms with Gasteiger partial charge in [0.15, 0.2) is 5.82 Å². The Hall–Kier alpha value is -1.16. The van der Waals surface area contributed by atoms with Crippen LogP contribution in [-0.2, 0) is 6.42 Å². The Balaban J connectivity index is 2.99. The van der Waals surface area contributed by atoms with Crippen LogP contribution in [0.25, 0.3) is 0 Å². The minimum atomic E-state index is 0.611. The molecular formula is C7H12N4. The highest BCUT2D eigenvalue weighted by Crippen LogP contribution is 2.07. The van der Waals surface area contributed by atoms with Crippen LogP contribution >= 0.6 is 0 Å². The number of nitrogens with two attached hydrogens (primary N) is 1. The quantitative estimate of drug-likeness (QED) is 0.482. The van der Waals surface area contributed by atoms with Crippen molar-refractivity contribution in [3.63, 3.8) is 0 Å². The number of hydrazine groups is 1. The predicted octanol–water partition coefficient (Wildman–Crippen LogP) is 0.633. The van der Waals surface area contributed by atoms with Crippen LogP contribution in [0.1, 0.15) is 18.2 Å². The van der Waals surface area contributed by atoms with Gasteiger partial charge < -0.3 is 5.43 Å². The van der Waals surface area contributed by atoms with E-state index in [4.69, 9.17) is 5.84 Å². The summed E-state index contributed by atoms with van der Waals surface area (Å²) in [4.78, 5) is 0. The average molecular weight is 152 g/mol. The first-order valence-electron chi connectivity index (χ1n) is 3.57.